The lowest BCUT2D eigenvalue weighted by molar-refractivity contribution is -0.174. The van der Waals surface area contributed by atoms with Crippen LogP contribution in [0.4, 0.5) is 13.2 Å². The summed E-state index contributed by atoms with van der Waals surface area (Å²) in [5.41, 5.74) is -0.315. The largest absolute Gasteiger partial charge is 0.411 e. The fourth-order valence-electron chi connectivity index (χ4n) is 1.50. The first-order valence-corrected chi connectivity index (χ1v) is 5.89. The average molecular weight is 257 g/mol. The molecule has 0 unspecified atom stereocenters. The van der Waals surface area contributed by atoms with Crippen LogP contribution in [-0.2, 0) is 4.74 Å². The van der Waals surface area contributed by atoms with E-state index in [1.54, 1.807) is 0 Å². The van der Waals surface area contributed by atoms with Gasteiger partial charge in [-0.1, -0.05) is 13.8 Å². The van der Waals surface area contributed by atoms with Crippen LogP contribution in [0, 0.1) is 0 Å². The highest BCUT2D eigenvalue weighted by Gasteiger charge is 2.27. The van der Waals surface area contributed by atoms with Crippen LogP contribution in [0.5, 0.6) is 0 Å². The maximum Gasteiger partial charge on any atom is 0.411 e. The van der Waals surface area contributed by atoms with E-state index < -0.39 is 12.8 Å². The number of rotatable bonds is 9. The van der Waals surface area contributed by atoms with Crippen molar-refractivity contribution in [3.05, 3.63) is 0 Å². The zero-order chi connectivity index (χ0) is 13.4. The van der Waals surface area contributed by atoms with Gasteiger partial charge in [0.2, 0.25) is 0 Å². The Morgan fingerprint density at radius 1 is 1.18 bits per heavy atom. The highest BCUT2D eigenvalue weighted by atomic mass is 19.4. The monoisotopic (exact) mass is 257 g/mol. The molecule has 17 heavy (non-hydrogen) atoms. The van der Waals surface area contributed by atoms with Gasteiger partial charge >= 0.3 is 6.18 Å². The molecule has 0 radical (unpaired) electrons. The van der Waals surface area contributed by atoms with Gasteiger partial charge in [0.25, 0.3) is 0 Å². The second-order valence-electron chi connectivity index (χ2n) is 4.09. The van der Waals surface area contributed by atoms with Crippen LogP contribution in [0.1, 0.15) is 33.1 Å². The van der Waals surface area contributed by atoms with Crippen molar-refractivity contribution in [3.63, 3.8) is 0 Å². The van der Waals surface area contributed by atoms with Crippen molar-refractivity contribution in [2.24, 2.45) is 0 Å². The highest BCUT2D eigenvalue weighted by molar-refractivity contribution is 4.84. The van der Waals surface area contributed by atoms with E-state index in [4.69, 9.17) is 0 Å². The maximum absolute atomic E-state index is 11.7. The van der Waals surface area contributed by atoms with E-state index in [0.29, 0.717) is 13.0 Å². The molecule has 0 spiro atoms. The summed E-state index contributed by atoms with van der Waals surface area (Å²) >= 11 is 0. The molecule has 0 fully saturated rings. The molecule has 0 bridgehead atoms. The second-order valence-corrected chi connectivity index (χ2v) is 4.09. The van der Waals surface area contributed by atoms with Crippen molar-refractivity contribution in [2.45, 2.75) is 44.8 Å². The van der Waals surface area contributed by atoms with E-state index >= 15 is 0 Å². The molecule has 0 aromatic heterocycles. The minimum Gasteiger partial charge on any atom is -0.394 e. The molecule has 0 aliphatic carbocycles. The van der Waals surface area contributed by atoms with Gasteiger partial charge in [0.15, 0.2) is 0 Å². The van der Waals surface area contributed by atoms with Crippen molar-refractivity contribution in [1.82, 2.24) is 5.32 Å². The summed E-state index contributed by atoms with van der Waals surface area (Å²) in [6, 6.07) is 0. The van der Waals surface area contributed by atoms with Crippen LogP contribution in [0.25, 0.3) is 0 Å². The van der Waals surface area contributed by atoms with E-state index in [1.165, 1.54) is 0 Å². The summed E-state index contributed by atoms with van der Waals surface area (Å²) in [5, 5.41) is 12.4. The molecule has 0 heterocycles. The molecular weight excluding hydrogens is 235 g/mol. The van der Waals surface area contributed by atoms with Gasteiger partial charge in [0.1, 0.15) is 6.61 Å². The normalized spacial score (nSPS) is 13.1. The summed E-state index contributed by atoms with van der Waals surface area (Å²) in [7, 11) is 0. The van der Waals surface area contributed by atoms with Gasteiger partial charge in [-0.2, -0.15) is 13.2 Å². The van der Waals surface area contributed by atoms with Gasteiger partial charge < -0.3 is 15.2 Å². The predicted octanol–water partition coefficient (Wildman–Crippen LogP) is 2.10. The van der Waals surface area contributed by atoms with Crippen LogP contribution >= 0.6 is 0 Å². The van der Waals surface area contributed by atoms with Crippen molar-refractivity contribution in [1.29, 1.82) is 0 Å². The van der Waals surface area contributed by atoms with E-state index in [2.05, 4.69) is 10.1 Å². The number of aliphatic hydroxyl groups excluding tert-OH is 1. The molecule has 0 rings (SSSR count). The predicted molar refractivity (Wildman–Crippen MR) is 59.9 cm³/mol. The van der Waals surface area contributed by atoms with Crippen molar-refractivity contribution in [3.8, 4) is 0 Å². The highest BCUT2D eigenvalue weighted by Crippen LogP contribution is 2.15. The Morgan fingerprint density at radius 3 is 2.18 bits per heavy atom. The molecule has 0 atom stereocenters. The number of ether oxygens (including phenoxy) is 1. The minimum absolute atomic E-state index is 0.0312. The number of nitrogens with one attached hydrogen (secondary N) is 1. The topological polar surface area (TPSA) is 41.5 Å². The molecule has 6 heteroatoms. The third-order valence-corrected chi connectivity index (χ3v) is 2.89. The average Bonchev–Trinajstić information content (AvgIpc) is 2.28. The molecule has 0 aromatic carbocycles. The smallest absolute Gasteiger partial charge is 0.394 e. The summed E-state index contributed by atoms with van der Waals surface area (Å²) < 4.78 is 39.7. The molecule has 0 aliphatic heterocycles. The number of halogens is 3. The van der Waals surface area contributed by atoms with E-state index in [-0.39, 0.29) is 18.8 Å². The first-order chi connectivity index (χ1) is 7.89. The molecule has 2 N–H and O–H groups in total. The molecule has 104 valence electrons. The van der Waals surface area contributed by atoms with Crippen molar-refractivity contribution >= 4 is 0 Å². The van der Waals surface area contributed by atoms with E-state index in [0.717, 1.165) is 12.8 Å². The zero-order valence-corrected chi connectivity index (χ0v) is 10.4. The Kier molecular flexibility index (Phi) is 7.74. The van der Waals surface area contributed by atoms with Crippen LogP contribution in [-0.4, -0.2) is 43.2 Å². The fourth-order valence-corrected chi connectivity index (χ4v) is 1.50. The lowest BCUT2D eigenvalue weighted by atomic mass is 9.94. The third-order valence-electron chi connectivity index (χ3n) is 2.89. The van der Waals surface area contributed by atoms with Gasteiger partial charge in [0, 0.05) is 12.1 Å². The molecule has 0 saturated heterocycles. The minimum atomic E-state index is -4.25. The Bertz CT molecular complexity index is 185. The summed E-state index contributed by atoms with van der Waals surface area (Å²) in [5.74, 6) is 0. The van der Waals surface area contributed by atoms with Crippen LogP contribution < -0.4 is 5.32 Å². The van der Waals surface area contributed by atoms with Crippen LogP contribution in [0.3, 0.4) is 0 Å². The Balaban J connectivity index is 3.63. The Hall–Kier alpha value is -0.330. The summed E-state index contributed by atoms with van der Waals surface area (Å²) in [6.07, 6.45) is -2.19. The van der Waals surface area contributed by atoms with Crippen molar-refractivity contribution < 1.29 is 23.0 Å². The molecular formula is C11H22F3NO2. The lowest BCUT2D eigenvalue weighted by Gasteiger charge is -2.30. The first kappa shape index (κ1) is 16.7. The SMILES string of the molecule is CCC(CC)(CO)NCCCOCC(F)(F)F. The lowest BCUT2D eigenvalue weighted by Crippen LogP contribution is -2.48. The van der Waals surface area contributed by atoms with Crippen LogP contribution in [0.2, 0.25) is 0 Å². The van der Waals surface area contributed by atoms with Gasteiger partial charge in [-0.05, 0) is 25.8 Å². The second kappa shape index (κ2) is 7.89. The fraction of sp³-hybridized carbons (Fsp3) is 1.00. The van der Waals surface area contributed by atoms with Gasteiger partial charge in [-0.25, -0.2) is 0 Å². The standard InChI is InChI=1S/C11H22F3NO2/c1-3-10(4-2,8-16)15-6-5-7-17-9-11(12,13)14/h15-16H,3-9H2,1-2H3. The summed E-state index contributed by atoms with van der Waals surface area (Å²) in [6.45, 7) is 3.38. The molecule has 0 saturated carbocycles. The number of aliphatic hydroxyl groups is 1. The molecule has 0 amide bonds. The maximum atomic E-state index is 11.7. The van der Waals surface area contributed by atoms with Gasteiger partial charge in [0.05, 0.1) is 6.61 Å². The third kappa shape index (κ3) is 7.57. The molecule has 0 aliphatic rings. The van der Waals surface area contributed by atoms with E-state index in [1.807, 2.05) is 13.8 Å². The number of hydrogen-bond acceptors (Lipinski definition) is 3. The Labute approximate surface area is 100 Å². The van der Waals surface area contributed by atoms with Crippen LogP contribution in [0.15, 0.2) is 0 Å². The first-order valence-electron chi connectivity index (χ1n) is 5.89. The Morgan fingerprint density at radius 2 is 1.76 bits per heavy atom. The van der Waals surface area contributed by atoms with Gasteiger partial charge in [-0.15, -0.1) is 0 Å². The van der Waals surface area contributed by atoms with Crippen molar-refractivity contribution in [2.75, 3.05) is 26.4 Å². The van der Waals surface area contributed by atoms with E-state index in [9.17, 15) is 18.3 Å². The molecule has 3 nitrogen and oxygen atoms in total. The van der Waals surface area contributed by atoms with Gasteiger partial charge in [-0.3, -0.25) is 0 Å². The zero-order valence-electron chi connectivity index (χ0n) is 10.4. The number of alkyl halides is 3. The molecule has 0 aromatic rings. The summed E-state index contributed by atoms with van der Waals surface area (Å²) in [4.78, 5) is 0. The quantitative estimate of drug-likeness (QED) is 0.621. The number of hydrogen-bond donors (Lipinski definition) is 2.